The Morgan fingerprint density at radius 1 is 0.527 bits per heavy atom. The van der Waals surface area contributed by atoms with Crippen LogP contribution in [-0.2, 0) is 39.8 Å². The van der Waals surface area contributed by atoms with Gasteiger partial charge in [0, 0.05) is 100 Å². The largest absolute Gasteiger partial charge is 0.462 e. The Hall–Kier alpha value is -8.13. The van der Waals surface area contributed by atoms with Crippen molar-refractivity contribution in [3.63, 3.8) is 0 Å². The Bertz CT molecular complexity index is 3650. The van der Waals surface area contributed by atoms with Gasteiger partial charge in [-0.05, 0) is 161 Å². The Labute approximate surface area is 555 Å². The summed E-state index contributed by atoms with van der Waals surface area (Å²) in [5.74, 6) is 3.90. The Morgan fingerprint density at radius 2 is 0.946 bits per heavy atom. The molecule has 15 heteroatoms. The van der Waals surface area contributed by atoms with E-state index in [-0.39, 0.29) is 96.3 Å². The molecular weight excluding hydrogens is 1230 g/mol. The number of hydrogen-bond donors (Lipinski definition) is 1. The number of esters is 3. The molecule has 0 spiro atoms. The van der Waals surface area contributed by atoms with Crippen LogP contribution in [0, 0.1) is 123 Å². The zero-order valence-corrected chi connectivity index (χ0v) is 55.4. The highest BCUT2D eigenvalue weighted by Gasteiger charge is 2.57. The second-order valence-corrected chi connectivity index (χ2v) is 27.7. The first-order valence-corrected chi connectivity index (χ1v) is 34.4. The molecule has 480 valence electrons. The molecule has 7 heterocycles. The third-order valence-corrected chi connectivity index (χ3v) is 22.2. The third kappa shape index (κ3) is 14.2. The lowest BCUT2D eigenvalue weighted by atomic mass is 9.58. The highest BCUT2D eigenvalue weighted by molar-refractivity contribution is 9.09. The maximum absolute atomic E-state index is 12.4. The van der Waals surface area contributed by atoms with Crippen molar-refractivity contribution in [3.05, 3.63) is 174 Å². The van der Waals surface area contributed by atoms with Crippen molar-refractivity contribution in [1.82, 2.24) is 15.0 Å². The van der Waals surface area contributed by atoms with Gasteiger partial charge in [0.15, 0.2) is 0 Å². The van der Waals surface area contributed by atoms with E-state index in [2.05, 4.69) is 83.1 Å². The molecule has 6 aromatic rings. The summed E-state index contributed by atoms with van der Waals surface area (Å²) >= 11 is 3.62. The van der Waals surface area contributed by atoms with Gasteiger partial charge in [0.2, 0.25) is 0 Å². The quantitative estimate of drug-likeness (QED) is 0.0646. The van der Waals surface area contributed by atoms with Gasteiger partial charge < -0.3 is 24.1 Å². The molecule has 13 rings (SSSR count). The highest BCUT2D eigenvalue weighted by Crippen LogP contribution is 2.54. The number of pyridine rings is 3. The summed E-state index contributed by atoms with van der Waals surface area (Å²) < 4.78 is 23.1. The number of alkyl halides is 1. The molecule has 14 nitrogen and oxygen atoms in total. The topological polar surface area (TPSA) is 218 Å². The molecule has 0 bridgehead atoms. The zero-order chi connectivity index (χ0) is 65.4. The van der Waals surface area contributed by atoms with Gasteiger partial charge in [-0.3, -0.25) is 29.3 Å². The van der Waals surface area contributed by atoms with Crippen molar-refractivity contribution in [2.45, 2.75) is 111 Å². The highest BCUT2D eigenvalue weighted by atomic mass is 79.9. The summed E-state index contributed by atoms with van der Waals surface area (Å²) in [6, 6.07) is 41.4. The average Bonchev–Trinajstić information content (AvgIpc) is 1.68. The monoisotopic (exact) mass is 1310 g/mol. The van der Waals surface area contributed by atoms with Crippen LogP contribution in [0.25, 0.3) is 45.5 Å². The van der Waals surface area contributed by atoms with Crippen LogP contribution in [0.4, 0.5) is 0 Å². The fourth-order valence-electron chi connectivity index (χ4n) is 17.3. The molecule has 4 saturated heterocycles. The van der Waals surface area contributed by atoms with E-state index in [0.29, 0.717) is 58.1 Å². The molecule has 0 amide bonds. The van der Waals surface area contributed by atoms with Gasteiger partial charge in [0.1, 0.15) is 18.3 Å². The van der Waals surface area contributed by atoms with Crippen LogP contribution in [-0.4, -0.2) is 80.9 Å². The summed E-state index contributed by atoms with van der Waals surface area (Å²) in [6.07, 6.45) is 20.1. The van der Waals surface area contributed by atoms with Crippen molar-refractivity contribution in [2.24, 2.45) is 88.8 Å². The first kappa shape index (κ1) is 66.3. The number of cyclic esters (lactones) is 3. The second kappa shape index (κ2) is 29.9. The molecule has 93 heavy (non-hydrogen) atoms. The smallest absolute Gasteiger partial charge is 0.309 e. The van der Waals surface area contributed by atoms with Gasteiger partial charge >= 0.3 is 17.9 Å². The normalized spacial score (nSPS) is 31.5. The first-order chi connectivity index (χ1) is 45.1. The molecule has 3 saturated carbocycles. The summed E-state index contributed by atoms with van der Waals surface area (Å²) in [5.41, 5.74) is 10.1. The fraction of sp³-hybridized carbons (Fsp3) is 0.449. The van der Waals surface area contributed by atoms with Crippen LogP contribution in [0.3, 0.4) is 0 Å². The van der Waals surface area contributed by atoms with Gasteiger partial charge in [0.25, 0.3) is 0 Å². The van der Waals surface area contributed by atoms with Crippen molar-refractivity contribution < 1.29 is 38.4 Å². The van der Waals surface area contributed by atoms with Gasteiger partial charge in [-0.1, -0.05) is 122 Å². The number of aliphatic hydroxyl groups is 1. The van der Waals surface area contributed by atoms with Crippen molar-refractivity contribution in [2.75, 3.05) is 18.5 Å². The van der Waals surface area contributed by atoms with Crippen molar-refractivity contribution in [1.29, 1.82) is 15.8 Å². The van der Waals surface area contributed by atoms with E-state index in [9.17, 15) is 35.3 Å². The lowest BCUT2D eigenvalue weighted by Crippen LogP contribution is -2.51. The number of carbonyl (C=O) groups excluding carboxylic acids is 3. The van der Waals surface area contributed by atoms with Crippen LogP contribution in [0.15, 0.2) is 140 Å². The number of aromatic nitrogens is 3. The van der Waals surface area contributed by atoms with Gasteiger partial charge in [-0.15, -0.1) is 0 Å². The number of ether oxygens (including phenoxy) is 4. The number of hydrogen-bond acceptors (Lipinski definition) is 14. The third-order valence-electron chi connectivity index (χ3n) is 21.7. The number of nitrogens with zero attached hydrogens (tertiary/aromatic N) is 6. The van der Waals surface area contributed by atoms with Crippen LogP contribution in [0.2, 0.25) is 0 Å². The molecule has 3 aromatic heterocycles. The van der Waals surface area contributed by atoms with Crippen molar-refractivity contribution >= 4 is 46.0 Å². The number of fused-ring (bicyclic) bond motifs is 5. The molecule has 3 aliphatic carbocycles. The molecule has 0 radical (unpaired) electrons. The van der Waals surface area contributed by atoms with Crippen molar-refractivity contribution in [3.8, 4) is 51.6 Å². The zero-order valence-electron chi connectivity index (χ0n) is 53.8. The Balaban J connectivity index is 0.000000143. The molecule has 4 aliphatic heterocycles. The lowest BCUT2D eigenvalue weighted by Gasteiger charge is -2.49. The summed E-state index contributed by atoms with van der Waals surface area (Å²) in [4.78, 5) is 51.1. The van der Waals surface area contributed by atoms with Crippen LogP contribution in [0.5, 0.6) is 0 Å². The number of halogens is 1. The first-order valence-electron chi connectivity index (χ1n) is 33.2. The van der Waals surface area contributed by atoms with E-state index in [1.54, 1.807) is 12.3 Å². The molecular formula is C78H83BrN6O8. The predicted octanol–water partition coefficient (Wildman–Crippen LogP) is 14.7. The van der Waals surface area contributed by atoms with E-state index in [0.717, 1.165) is 107 Å². The van der Waals surface area contributed by atoms with Gasteiger partial charge in [0.05, 0.1) is 70.1 Å². The summed E-state index contributed by atoms with van der Waals surface area (Å²) in [6.45, 7) is 13.7. The fourth-order valence-corrected chi connectivity index (χ4v) is 17.8. The minimum absolute atomic E-state index is 0.00374. The maximum Gasteiger partial charge on any atom is 0.309 e. The number of carbonyl (C=O) groups is 3. The minimum Gasteiger partial charge on any atom is -0.462 e. The van der Waals surface area contributed by atoms with Crippen LogP contribution < -0.4 is 0 Å². The van der Waals surface area contributed by atoms with E-state index in [1.165, 1.54) is 0 Å². The van der Waals surface area contributed by atoms with E-state index < -0.39 is 0 Å². The van der Waals surface area contributed by atoms with Gasteiger partial charge in [-0.25, -0.2) is 0 Å². The standard InChI is InChI=1S/C26H27BrN2O2.2C26H28N2O3/c1-16-13-24-25(17(2)31-26(24)30)23(21(16)11-12-27)10-9-20-8-7-19(15-29-20)22-6-4-3-5-18(22)14-28;1-15-11-22-24(16(2)31-26(22)29)25-20(15)9-10-30-23(25)12-19-8-7-18(14-28-19)21-6-4-3-5-17(21)13-27;1-16-13-24-25(17(2)31-26(24)30)23(21(16)11-12-29)10-9-20-8-7-19(15-28-20)22-6-4-3-5-18(22)14-27/h3-10,15-17,21,23-25H,11-13H2,1-2H3;3-8,14-16,20,22-25H,9-12H2,1-2H3;3-10,15-17,21,23-25,29H,11-13H2,1-2H3/b10-9+;;10-9+/t16-,17+,21+,23-,24+,25-;15-,16+,20+,22+,23-,24+,25+;16-,17+,21+,23-,24+,25-/m000/s1. The lowest BCUT2D eigenvalue weighted by molar-refractivity contribution is -0.146. The number of allylic oxidation sites excluding steroid dienone is 2. The predicted molar refractivity (Wildman–Crippen MR) is 359 cm³/mol. The molecule has 7 fully saturated rings. The van der Waals surface area contributed by atoms with Gasteiger partial charge in [-0.2, -0.15) is 15.8 Å². The minimum atomic E-state index is -0.112. The molecule has 0 unspecified atom stereocenters. The molecule has 19 atom stereocenters. The number of rotatable bonds is 13. The Morgan fingerprint density at radius 3 is 1.37 bits per heavy atom. The summed E-state index contributed by atoms with van der Waals surface area (Å²) in [5, 5.41) is 38.6. The average molecular weight is 1310 g/mol. The van der Waals surface area contributed by atoms with Crippen LogP contribution in [0.1, 0.15) is 114 Å². The number of benzene rings is 3. The van der Waals surface area contributed by atoms with E-state index >= 15 is 0 Å². The molecule has 3 aromatic carbocycles. The molecule has 1 N–H and O–H groups in total. The summed E-state index contributed by atoms with van der Waals surface area (Å²) in [7, 11) is 0. The maximum atomic E-state index is 12.4. The number of nitriles is 3. The van der Waals surface area contributed by atoms with E-state index in [4.69, 9.17) is 23.9 Å². The Kier molecular flexibility index (Phi) is 21.3. The van der Waals surface area contributed by atoms with Crippen LogP contribution >= 0.6 is 15.9 Å². The second-order valence-electron chi connectivity index (χ2n) is 26.9. The SMILES string of the molecule is C[C@H]1C[C@H]2C(=O)O[C@H](C)[C@H]2[C@@H](/C=C/c2ccc(-c3ccccc3C#N)cn2)[C@@H]1CCBr.C[C@H]1C[C@H]2C(=O)O[C@H](C)[C@H]2[C@@H](/C=C/c2ccc(-c3ccccc3C#N)cn2)[C@@H]1CCO.C[C@H]1C[C@H]2C(=O)O[C@H](C)[C@H]2[C@@H]2[C@@H]1CCO[C@H]2Cc1ccc(-c2ccccc2C#N)cn1. The number of aliphatic hydroxyl groups excluding tert-OH is 1. The van der Waals surface area contributed by atoms with E-state index in [1.807, 2.05) is 142 Å². The molecule has 7 aliphatic rings.